The first-order chi connectivity index (χ1) is 11.5. The average Bonchev–Trinajstić information content (AvgIpc) is 3.29. The molecule has 0 atom stereocenters. The van der Waals surface area contributed by atoms with Crippen LogP contribution in [0.25, 0.3) is 0 Å². The Hall–Kier alpha value is -2.29. The van der Waals surface area contributed by atoms with Gasteiger partial charge in [0, 0.05) is 11.6 Å². The second-order valence-electron chi connectivity index (χ2n) is 5.45. The Morgan fingerprint density at radius 2 is 2.12 bits per heavy atom. The van der Waals surface area contributed by atoms with Crippen molar-refractivity contribution in [1.29, 1.82) is 0 Å². The summed E-state index contributed by atoms with van der Waals surface area (Å²) in [5, 5.41) is 15.2. The lowest BCUT2D eigenvalue weighted by Gasteiger charge is -2.15. The third-order valence-corrected chi connectivity index (χ3v) is 3.51. The molecule has 3 rings (SSSR count). The third-order valence-electron chi connectivity index (χ3n) is 3.51. The zero-order valence-corrected chi connectivity index (χ0v) is 12.6. The van der Waals surface area contributed by atoms with E-state index in [0.29, 0.717) is 11.7 Å². The van der Waals surface area contributed by atoms with Crippen LogP contribution in [0.3, 0.4) is 0 Å². The number of ether oxygens (including phenoxy) is 1. The Morgan fingerprint density at radius 1 is 1.33 bits per heavy atom. The molecule has 0 aliphatic heterocycles. The number of nitrogens with one attached hydrogen (secondary N) is 1. The van der Waals surface area contributed by atoms with Crippen LogP contribution in [0.4, 0.5) is 18.9 Å². The molecule has 6 nitrogen and oxygen atoms in total. The fourth-order valence-electron chi connectivity index (χ4n) is 2.18. The lowest BCUT2D eigenvalue weighted by atomic mass is 10.1. The maximum atomic E-state index is 13.2. The number of aliphatic hydroxyl groups is 1. The molecule has 1 aromatic carbocycles. The molecule has 2 aromatic rings. The van der Waals surface area contributed by atoms with E-state index < -0.39 is 11.7 Å². The van der Waals surface area contributed by atoms with E-state index in [1.54, 1.807) is 0 Å². The molecule has 1 fully saturated rings. The van der Waals surface area contributed by atoms with E-state index in [4.69, 9.17) is 14.4 Å². The number of hydrogen-bond acceptors (Lipinski definition) is 6. The first-order valence-electron chi connectivity index (χ1n) is 7.48. The molecule has 0 saturated heterocycles. The van der Waals surface area contributed by atoms with Crippen LogP contribution in [0.2, 0.25) is 0 Å². The molecular formula is C15H16F3N3O3. The third kappa shape index (κ3) is 3.97. The zero-order chi connectivity index (χ0) is 17.2. The summed E-state index contributed by atoms with van der Waals surface area (Å²) < 4.78 is 49.7. The van der Waals surface area contributed by atoms with Gasteiger partial charge in [0.1, 0.15) is 12.4 Å². The molecule has 0 bridgehead atoms. The molecule has 130 valence electrons. The summed E-state index contributed by atoms with van der Waals surface area (Å²) in [6.45, 7) is -0.350. The average molecular weight is 343 g/mol. The van der Waals surface area contributed by atoms with Crippen LogP contribution in [0.5, 0.6) is 5.75 Å². The van der Waals surface area contributed by atoms with Crippen LogP contribution in [0, 0.1) is 0 Å². The molecule has 1 aliphatic carbocycles. The van der Waals surface area contributed by atoms with Gasteiger partial charge in [-0.3, -0.25) is 0 Å². The number of aliphatic hydroxyl groups excluding tert-OH is 1. The van der Waals surface area contributed by atoms with E-state index >= 15 is 0 Å². The summed E-state index contributed by atoms with van der Waals surface area (Å²) in [6.07, 6.45) is -2.52. The molecule has 0 unspecified atom stereocenters. The minimum atomic E-state index is -4.55. The van der Waals surface area contributed by atoms with Crippen LogP contribution in [-0.2, 0) is 12.7 Å². The summed E-state index contributed by atoms with van der Waals surface area (Å²) >= 11 is 0. The number of rotatable bonds is 7. The predicted molar refractivity (Wildman–Crippen MR) is 77.6 cm³/mol. The van der Waals surface area contributed by atoms with Crippen molar-refractivity contribution in [2.75, 3.05) is 18.5 Å². The van der Waals surface area contributed by atoms with Gasteiger partial charge in [0.2, 0.25) is 5.89 Å². The van der Waals surface area contributed by atoms with Crippen LogP contribution in [0.15, 0.2) is 22.7 Å². The smallest absolute Gasteiger partial charge is 0.418 e. The highest BCUT2D eigenvalue weighted by Gasteiger charge is 2.34. The van der Waals surface area contributed by atoms with E-state index in [0.717, 1.165) is 18.9 Å². The Kier molecular flexibility index (Phi) is 4.61. The van der Waals surface area contributed by atoms with Crippen molar-refractivity contribution < 1.29 is 27.5 Å². The van der Waals surface area contributed by atoms with Gasteiger partial charge >= 0.3 is 6.18 Å². The van der Waals surface area contributed by atoms with Gasteiger partial charge in [0.05, 0.1) is 18.7 Å². The molecule has 24 heavy (non-hydrogen) atoms. The summed E-state index contributed by atoms with van der Waals surface area (Å²) in [7, 11) is 0. The molecule has 0 radical (unpaired) electrons. The van der Waals surface area contributed by atoms with Gasteiger partial charge in [0.25, 0.3) is 0 Å². The van der Waals surface area contributed by atoms with Crippen molar-refractivity contribution in [3.8, 4) is 5.75 Å². The maximum Gasteiger partial charge on any atom is 0.418 e. The summed E-state index contributed by atoms with van der Waals surface area (Å²) in [5.41, 5.74) is -0.968. The maximum absolute atomic E-state index is 13.2. The molecule has 1 aromatic heterocycles. The van der Waals surface area contributed by atoms with Crippen molar-refractivity contribution in [3.05, 3.63) is 35.5 Å². The van der Waals surface area contributed by atoms with Crippen molar-refractivity contribution >= 4 is 5.69 Å². The van der Waals surface area contributed by atoms with E-state index in [9.17, 15) is 13.2 Å². The molecule has 1 aliphatic rings. The number of hydrogen-bond donors (Lipinski definition) is 2. The number of halogens is 3. The van der Waals surface area contributed by atoms with Gasteiger partial charge in [0.15, 0.2) is 5.82 Å². The van der Waals surface area contributed by atoms with Crippen molar-refractivity contribution in [1.82, 2.24) is 10.1 Å². The Balaban J connectivity index is 1.72. The van der Waals surface area contributed by atoms with Gasteiger partial charge in [-0.2, -0.15) is 18.2 Å². The monoisotopic (exact) mass is 343 g/mol. The SMILES string of the molecule is OCCOc1ccc(NCc2nc(C3CC3)no2)c(C(F)(F)F)c1. The fourth-order valence-corrected chi connectivity index (χ4v) is 2.18. The van der Waals surface area contributed by atoms with Gasteiger partial charge in [-0.25, -0.2) is 0 Å². The number of benzene rings is 1. The lowest BCUT2D eigenvalue weighted by molar-refractivity contribution is -0.137. The van der Waals surface area contributed by atoms with Crippen LogP contribution in [0.1, 0.15) is 36.0 Å². The zero-order valence-electron chi connectivity index (χ0n) is 12.6. The Bertz CT molecular complexity index is 699. The minimum Gasteiger partial charge on any atom is -0.491 e. The molecule has 2 N–H and O–H groups in total. The summed E-state index contributed by atoms with van der Waals surface area (Å²) in [4.78, 5) is 4.16. The highest BCUT2D eigenvalue weighted by molar-refractivity contribution is 5.55. The highest BCUT2D eigenvalue weighted by atomic mass is 19.4. The van der Waals surface area contributed by atoms with Gasteiger partial charge in [-0.1, -0.05) is 5.16 Å². The summed E-state index contributed by atoms with van der Waals surface area (Å²) in [5.74, 6) is 1.20. The number of aromatic nitrogens is 2. The second-order valence-corrected chi connectivity index (χ2v) is 5.45. The quantitative estimate of drug-likeness (QED) is 0.805. The molecule has 1 saturated carbocycles. The van der Waals surface area contributed by atoms with Crippen LogP contribution >= 0.6 is 0 Å². The topological polar surface area (TPSA) is 80.4 Å². The minimum absolute atomic E-state index is 0.000353. The first kappa shape index (κ1) is 16.6. The fraction of sp³-hybridized carbons (Fsp3) is 0.467. The van der Waals surface area contributed by atoms with Crippen molar-refractivity contribution in [2.45, 2.75) is 31.5 Å². The second kappa shape index (κ2) is 6.68. The summed E-state index contributed by atoms with van der Waals surface area (Å²) in [6, 6.07) is 3.56. The lowest BCUT2D eigenvalue weighted by Crippen LogP contribution is -2.12. The molecule has 1 heterocycles. The van der Waals surface area contributed by atoms with E-state index in [-0.39, 0.29) is 37.1 Å². The number of anilines is 1. The molecular weight excluding hydrogens is 327 g/mol. The Labute approximate surface area is 135 Å². The van der Waals surface area contributed by atoms with Crippen LogP contribution < -0.4 is 10.1 Å². The molecule has 0 amide bonds. The van der Waals surface area contributed by atoms with Gasteiger partial charge in [-0.15, -0.1) is 0 Å². The molecule has 0 spiro atoms. The number of alkyl halides is 3. The van der Waals surface area contributed by atoms with Crippen molar-refractivity contribution in [3.63, 3.8) is 0 Å². The highest BCUT2D eigenvalue weighted by Crippen LogP contribution is 2.39. The Morgan fingerprint density at radius 3 is 2.79 bits per heavy atom. The van der Waals surface area contributed by atoms with Crippen LogP contribution in [-0.4, -0.2) is 28.5 Å². The van der Waals surface area contributed by atoms with Gasteiger partial charge < -0.3 is 19.7 Å². The molecule has 9 heteroatoms. The van der Waals surface area contributed by atoms with Crippen molar-refractivity contribution in [2.24, 2.45) is 0 Å². The van der Waals surface area contributed by atoms with Gasteiger partial charge in [-0.05, 0) is 31.0 Å². The largest absolute Gasteiger partial charge is 0.491 e. The normalized spacial score (nSPS) is 14.7. The van der Waals surface area contributed by atoms with E-state index in [1.807, 2.05) is 0 Å². The standard InChI is InChI=1S/C15H16F3N3O3/c16-15(17,18)11-7-10(23-6-5-22)3-4-12(11)19-8-13-20-14(21-24-13)9-1-2-9/h3-4,7,9,19,22H,1-2,5-6,8H2. The number of nitrogens with zero attached hydrogens (tertiary/aromatic N) is 2. The predicted octanol–water partition coefficient (Wildman–Crippen LogP) is 2.95. The first-order valence-corrected chi connectivity index (χ1v) is 7.48. The van der Waals surface area contributed by atoms with E-state index in [1.165, 1.54) is 12.1 Å². The van der Waals surface area contributed by atoms with E-state index in [2.05, 4.69) is 15.5 Å².